The molecule has 0 aromatic carbocycles. The number of rotatable bonds is 5. The first-order valence-corrected chi connectivity index (χ1v) is 6.75. The third-order valence-corrected chi connectivity index (χ3v) is 3.90. The van der Waals surface area contributed by atoms with Crippen molar-refractivity contribution in [3.05, 3.63) is 0 Å². The third-order valence-electron chi connectivity index (χ3n) is 2.47. The molecule has 13 heavy (non-hydrogen) atoms. The highest BCUT2D eigenvalue weighted by atomic mass is 32.2. The number of piperidine rings is 1. The minimum absolute atomic E-state index is 0.827. The Bertz CT molecular complexity index is 119. The summed E-state index contributed by atoms with van der Waals surface area (Å²) in [5.41, 5.74) is 0. The first-order valence-electron chi connectivity index (χ1n) is 5.60. The van der Waals surface area contributed by atoms with Gasteiger partial charge in [-0.3, -0.25) is 0 Å². The van der Waals surface area contributed by atoms with E-state index in [0.717, 1.165) is 12.0 Å². The summed E-state index contributed by atoms with van der Waals surface area (Å²) in [5.74, 6) is 3.52. The van der Waals surface area contributed by atoms with Crippen LogP contribution in [0.3, 0.4) is 0 Å². The average molecular weight is 201 g/mol. The van der Waals surface area contributed by atoms with Gasteiger partial charge in [-0.1, -0.05) is 20.3 Å². The molecule has 0 aromatic rings. The van der Waals surface area contributed by atoms with E-state index in [9.17, 15) is 0 Å². The quantitative estimate of drug-likeness (QED) is 0.686. The predicted octanol–water partition coefficient (Wildman–Crippen LogP) is 2.91. The van der Waals surface area contributed by atoms with Gasteiger partial charge >= 0.3 is 0 Å². The van der Waals surface area contributed by atoms with Gasteiger partial charge in [-0.25, -0.2) is 0 Å². The van der Waals surface area contributed by atoms with E-state index in [0.29, 0.717) is 0 Å². The molecule has 1 aliphatic heterocycles. The molecule has 1 rings (SSSR count). The lowest BCUT2D eigenvalue weighted by molar-refractivity contribution is 0.394. The Kier molecular flexibility index (Phi) is 5.88. The van der Waals surface area contributed by atoms with Crippen molar-refractivity contribution in [3.8, 4) is 0 Å². The van der Waals surface area contributed by atoms with E-state index in [1.807, 2.05) is 0 Å². The van der Waals surface area contributed by atoms with Crippen molar-refractivity contribution in [1.29, 1.82) is 0 Å². The monoisotopic (exact) mass is 201 g/mol. The van der Waals surface area contributed by atoms with Gasteiger partial charge in [0.25, 0.3) is 0 Å². The normalized spacial score (nSPS) is 23.8. The Morgan fingerprint density at radius 3 is 2.85 bits per heavy atom. The van der Waals surface area contributed by atoms with Gasteiger partial charge < -0.3 is 5.32 Å². The summed E-state index contributed by atoms with van der Waals surface area (Å²) in [7, 11) is 0. The van der Waals surface area contributed by atoms with Gasteiger partial charge in [0.05, 0.1) is 0 Å². The molecule has 1 aliphatic rings. The maximum absolute atomic E-state index is 3.59. The van der Waals surface area contributed by atoms with E-state index in [2.05, 4.69) is 30.9 Å². The summed E-state index contributed by atoms with van der Waals surface area (Å²) >= 11 is 2.11. The Morgan fingerprint density at radius 2 is 2.23 bits per heavy atom. The van der Waals surface area contributed by atoms with Crippen LogP contribution in [0.1, 0.15) is 39.5 Å². The van der Waals surface area contributed by atoms with Crippen LogP contribution in [0.5, 0.6) is 0 Å². The molecule has 0 unspecified atom stereocenters. The van der Waals surface area contributed by atoms with E-state index >= 15 is 0 Å². The van der Waals surface area contributed by atoms with E-state index in [4.69, 9.17) is 0 Å². The van der Waals surface area contributed by atoms with Crippen LogP contribution in [0.2, 0.25) is 0 Å². The summed E-state index contributed by atoms with van der Waals surface area (Å²) < 4.78 is 0. The van der Waals surface area contributed by atoms with Crippen molar-refractivity contribution >= 4 is 11.8 Å². The van der Waals surface area contributed by atoms with E-state index < -0.39 is 0 Å². The van der Waals surface area contributed by atoms with Crippen LogP contribution in [0.15, 0.2) is 0 Å². The summed E-state index contributed by atoms with van der Waals surface area (Å²) in [6, 6.07) is 0.827. The van der Waals surface area contributed by atoms with Crippen molar-refractivity contribution in [3.63, 3.8) is 0 Å². The van der Waals surface area contributed by atoms with Gasteiger partial charge in [0.15, 0.2) is 0 Å². The fourth-order valence-electron chi connectivity index (χ4n) is 1.72. The molecule has 0 spiro atoms. The van der Waals surface area contributed by atoms with Crippen LogP contribution in [-0.2, 0) is 0 Å². The molecule has 0 aliphatic carbocycles. The first kappa shape index (κ1) is 11.4. The zero-order chi connectivity index (χ0) is 9.52. The molecule has 78 valence electrons. The Labute approximate surface area is 87.1 Å². The molecule has 1 N–H and O–H groups in total. The molecule has 0 amide bonds. The van der Waals surface area contributed by atoms with Crippen LogP contribution < -0.4 is 5.32 Å². The number of hydrogen-bond acceptors (Lipinski definition) is 2. The zero-order valence-electron chi connectivity index (χ0n) is 9.01. The molecule has 0 bridgehead atoms. The van der Waals surface area contributed by atoms with E-state index in [-0.39, 0.29) is 0 Å². The highest BCUT2D eigenvalue weighted by Gasteiger charge is 2.11. The van der Waals surface area contributed by atoms with Crippen LogP contribution in [-0.4, -0.2) is 24.1 Å². The molecular formula is C11H23NS. The second kappa shape index (κ2) is 6.72. The van der Waals surface area contributed by atoms with Crippen molar-refractivity contribution in [2.75, 3.05) is 18.1 Å². The highest BCUT2D eigenvalue weighted by Crippen LogP contribution is 2.14. The first-order chi connectivity index (χ1) is 6.29. The predicted molar refractivity (Wildman–Crippen MR) is 62.4 cm³/mol. The summed E-state index contributed by atoms with van der Waals surface area (Å²) in [6.07, 6.45) is 5.60. The number of nitrogens with one attached hydrogen (secondary N) is 1. The van der Waals surface area contributed by atoms with Crippen LogP contribution in [0.4, 0.5) is 0 Å². The Hall–Kier alpha value is 0.310. The van der Waals surface area contributed by atoms with E-state index in [1.165, 1.54) is 43.7 Å². The summed E-state index contributed by atoms with van der Waals surface area (Å²) in [4.78, 5) is 0. The van der Waals surface area contributed by atoms with Crippen LogP contribution in [0.25, 0.3) is 0 Å². The molecule has 1 fully saturated rings. The standard InChI is InChI=1S/C11H23NS/c1-10(2)9-13-8-6-11-5-3-4-7-12-11/h10-12H,3-9H2,1-2H3/t11-/m0/s1. The lowest BCUT2D eigenvalue weighted by atomic mass is 10.0. The van der Waals surface area contributed by atoms with Gasteiger partial charge in [-0.2, -0.15) is 11.8 Å². The topological polar surface area (TPSA) is 12.0 Å². The Morgan fingerprint density at radius 1 is 1.38 bits per heavy atom. The maximum Gasteiger partial charge on any atom is 0.00749 e. The lowest BCUT2D eigenvalue weighted by Crippen LogP contribution is -2.34. The lowest BCUT2D eigenvalue weighted by Gasteiger charge is -2.23. The largest absolute Gasteiger partial charge is 0.314 e. The SMILES string of the molecule is CC(C)CSCC[C@@H]1CCCCN1. The maximum atomic E-state index is 3.59. The van der Waals surface area contributed by atoms with Gasteiger partial charge in [0.1, 0.15) is 0 Å². The van der Waals surface area contributed by atoms with Crippen LogP contribution in [0, 0.1) is 5.92 Å². The van der Waals surface area contributed by atoms with Gasteiger partial charge in [0, 0.05) is 6.04 Å². The second-order valence-electron chi connectivity index (χ2n) is 4.40. The third kappa shape index (κ3) is 5.58. The second-order valence-corrected chi connectivity index (χ2v) is 5.55. The fourth-order valence-corrected chi connectivity index (χ4v) is 2.80. The Balaban J connectivity index is 1.92. The molecule has 1 nitrogen and oxygen atoms in total. The van der Waals surface area contributed by atoms with Gasteiger partial charge in [-0.05, 0) is 43.2 Å². The molecule has 1 heterocycles. The van der Waals surface area contributed by atoms with Crippen molar-refractivity contribution in [2.45, 2.75) is 45.6 Å². The smallest absolute Gasteiger partial charge is 0.00749 e. The van der Waals surface area contributed by atoms with Crippen molar-refractivity contribution < 1.29 is 0 Å². The minimum atomic E-state index is 0.827. The number of thioether (sulfide) groups is 1. The van der Waals surface area contributed by atoms with Gasteiger partial charge in [0.2, 0.25) is 0 Å². The molecule has 1 saturated heterocycles. The van der Waals surface area contributed by atoms with Gasteiger partial charge in [-0.15, -0.1) is 0 Å². The van der Waals surface area contributed by atoms with Crippen LogP contribution >= 0.6 is 11.8 Å². The molecule has 0 saturated carbocycles. The van der Waals surface area contributed by atoms with Crippen molar-refractivity contribution in [2.24, 2.45) is 5.92 Å². The summed E-state index contributed by atoms with van der Waals surface area (Å²) in [6.45, 7) is 5.84. The minimum Gasteiger partial charge on any atom is -0.314 e. The molecular weight excluding hydrogens is 178 g/mol. The molecule has 2 heteroatoms. The molecule has 1 atom stereocenters. The average Bonchev–Trinajstić information content (AvgIpc) is 2.14. The summed E-state index contributed by atoms with van der Waals surface area (Å²) in [5, 5.41) is 3.59. The fraction of sp³-hybridized carbons (Fsp3) is 1.00. The number of hydrogen-bond donors (Lipinski definition) is 1. The highest BCUT2D eigenvalue weighted by molar-refractivity contribution is 7.99. The molecule has 0 aromatic heterocycles. The molecule has 0 radical (unpaired) electrons. The van der Waals surface area contributed by atoms with Crippen molar-refractivity contribution in [1.82, 2.24) is 5.32 Å². The zero-order valence-corrected chi connectivity index (χ0v) is 9.83. The van der Waals surface area contributed by atoms with E-state index in [1.54, 1.807) is 0 Å².